The van der Waals surface area contributed by atoms with E-state index in [0.29, 0.717) is 19.2 Å². The first-order valence-corrected chi connectivity index (χ1v) is 6.75. The molecule has 1 saturated heterocycles. The molecule has 2 aliphatic rings. The Bertz CT molecular complexity index is 324. The minimum Gasteiger partial charge on any atom is -0.381 e. The zero-order chi connectivity index (χ0) is 11.6. The van der Waals surface area contributed by atoms with Gasteiger partial charge in [0.25, 0.3) is 0 Å². The smallest absolute Gasteiger partial charge is 0.203 e. The summed E-state index contributed by atoms with van der Waals surface area (Å²) in [7, 11) is 1.98. The van der Waals surface area contributed by atoms with Gasteiger partial charge in [0, 0.05) is 19.9 Å². The molecule has 1 fully saturated rings. The number of nitrogens with two attached hydrogens (primary N) is 1. The highest BCUT2D eigenvalue weighted by Gasteiger charge is 2.35. The summed E-state index contributed by atoms with van der Waals surface area (Å²) in [6, 6.07) is 0. The first-order chi connectivity index (χ1) is 7.65. The monoisotopic (exact) mass is 337 g/mol. The van der Waals surface area contributed by atoms with Crippen LogP contribution < -0.4 is 11.1 Å². The van der Waals surface area contributed by atoms with Crippen LogP contribution in [0.4, 0.5) is 0 Å². The number of hydrogen-bond donors (Lipinski definition) is 2. The number of nitrogens with zero attached hydrogens (tertiary/aromatic N) is 3. The topological polar surface area (TPSA) is 75.2 Å². The lowest BCUT2D eigenvalue weighted by Crippen LogP contribution is -2.52. The van der Waals surface area contributed by atoms with E-state index in [2.05, 4.69) is 37.9 Å². The van der Waals surface area contributed by atoms with Crippen LogP contribution in [-0.4, -0.2) is 47.3 Å². The minimum absolute atomic E-state index is 0.400. The highest BCUT2D eigenvalue weighted by molar-refractivity contribution is 14.1. The predicted octanol–water partition coefficient (Wildman–Crippen LogP) is 0.0913. The van der Waals surface area contributed by atoms with Crippen molar-refractivity contribution < 1.29 is 4.74 Å². The van der Waals surface area contributed by atoms with Gasteiger partial charge in [0.15, 0.2) is 11.6 Å². The predicted molar refractivity (Wildman–Crippen MR) is 71.6 cm³/mol. The highest BCUT2D eigenvalue weighted by atomic mass is 127. The zero-order valence-corrected chi connectivity index (χ0v) is 11.4. The number of halogens is 1. The molecule has 90 valence electrons. The van der Waals surface area contributed by atoms with Crippen molar-refractivity contribution in [3.05, 3.63) is 0 Å². The molecule has 0 amide bonds. The summed E-state index contributed by atoms with van der Waals surface area (Å²) in [6.07, 6.45) is 1.60. The van der Waals surface area contributed by atoms with Crippen LogP contribution in [0.3, 0.4) is 0 Å². The number of nitrogens with one attached hydrogen (secondary N) is 1. The lowest BCUT2D eigenvalue weighted by Gasteiger charge is -2.35. The van der Waals surface area contributed by atoms with E-state index in [4.69, 9.17) is 10.5 Å². The van der Waals surface area contributed by atoms with Gasteiger partial charge in [-0.1, -0.05) is 22.6 Å². The second-order valence-corrected chi connectivity index (χ2v) is 4.65. The molecule has 0 unspecified atom stereocenters. The molecule has 2 heterocycles. The van der Waals surface area contributed by atoms with Crippen molar-refractivity contribution in [2.45, 2.75) is 18.5 Å². The molecular weight excluding hydrogens is 321 g/mol. The van der Waals surface area contributed by atoms with Gasteiger partial charge in [0.05, 0.1) is 17.8 Å². The van der Waals surface area contributed by atoms with E-state index >= 15 is 0 Å². The average molecular weight is 337 g/mol. The number of hydrogen-bond acceptors (Lipinski definition) is 6. The summed E-state index contributed by atoms with van der Waals surface area (Å²) in [5, 5.41) is 3.00. The Balaban J connectivity index is 2.22. The summed E-state index contributed by atoms with van der Waals surface area (Å²) in [4.78, 5) is 11.1. The molecule has 0 atom stereocenters. The van der Waals surface area contributed by atoms with Crippen molar-refractivity contribution in [3.8, 4) is 0 Å². The average Bonchev–Trinajstić information content (AvgIpc) is 2.28. The molecule has 1 spiro atoms. The summed E-state index contributed by atoms with van der Waals surface area (Å²) < 4.78 is 6.19. The standard InChI is InChI=1S/C9H16IN5O/c1-15(6-10)8-12-7(11)13-9(14-8)2-4-16-5-3-9/h2-6H2,1H3,(H3,11,12,13,14). The molecule has 0 aromatic carbocycles. The Morgan fingerprint density at radius 3 is 2.81 bits per heavy atom. The van der Waals surface area contributed by atoms with E-state index in [1.807, 2.05) is 11.9 Å². The third-order valence-corrected chi connectivity index (χ3v) is 3.74. The van der Waals surface area contributed by atoms with Crippen LogP contribution in [0.15, 0.2) is 9.98 Å². The Kier molecular flexibility index (Phi) is 3.53. The van der Waals surface area contributed by atoms with Crippen LogP contribution in [0.25, 0.3) is 0 Å². The molecular formula is C9H16IN5O. The molecule has 0 saturated carbocycles. The van der Waals surface area contributed by atoms with Crippen LogP contribution >= 0.6 is 22.6 Å². The van der Waals surface area contributed by atoms with Crippen LogP contribution in [-0.2, 0) is 4.74 Å². The molecule has 0 bridgehead atoms. The molecule has 16 heavy (non-hydrogen) atoms. The summed E-state index contributed by atoms with van der Waals surface area (Å²) in [5.74, 6) is 1.24. The van der Waals surface area contributed by atoms with Gasteiger partial charge in [0.2, 0.25) is 5.96 Å². The first-order valence-electron chi connectivity index (χ1n) is 5.22. The summed E-state index contributed by atoms with van der Waals surface area (Å²) in [6.45, 7) is 1.39. The molecule has 0 aliphatic carbocycles. The van der Waals surface area contributed by atoms with Gasteiger partial charge in [-0.3, -0.25) is 5.32 Å². The van der Waals surface area contributed by atoms with Gasteiger partial charge in [0.1, 0.15) is 0 Å². The van der Waals surface area contributed by atoms with Crippen LogP contribution in [0.1, 0.15) is 12.8 Å². The second-order valence-electron chi connectivity index (χ2n) is 3.97. The Hall–Kier alpha value is -0.570. The van der Waals surface area contributed by atoms with Crippen molar-refractivity contribution in [3.63, 3.8) is 0 Å². The molecule has 2 rings (SSSR count). The Morgan fingerprint density at radius 2 is 2.19 bits per heavy atom. The molecule has 0 aromatic heterocycles. The van der Waals surface area contributed by atoms with E-state index in [-0.39, 0.29) is 0 Å². The van der Waals surface area contributed by atoms with Crippen molar-refractivity contribution in [1.29, 1.82) is 0 Å². The van der Waals surface area contributed by atoms with Crippen LogP contribution in [0.5, 0.6) is 0 Å². The fourth-order valence-electron chi connectivity index (χ4n) is 1.78. The largest absolute Gasteiger partial charge is 0.381 e. The summed E-state index contributed by atoms with van der Waals surface area (Å²) >= 11 is 2.28. The molecule has 6 nitrogen and oxygen atoms in total. The third-order valence-electron chi connectivity index (χ3n) is 2.72. The Morgan fingerprint density at radius 1 is 1.50 bits per heavy atom. The fourth-order valence-corrected chi connectivity index (χ4v) is 2.10. The lowest BCUT2D eigenvalue weighted by atomic mass is 10.0. The maximum absolute atomic E-state index is 5.81. The molecule has 3 N–H and O–H groups in total. The minimum atomic E-state index is -0.400. The quantitative estimate of drug-likeness (QED) is 0.404. The van der Waals surface area contributed by atoms with Gasteiger partial charge >= 0.3 is 0 Å². The van der Waals surface area contributed by atoms with Crippen molar-refractivity contribution >= 4 is 34.5 Å². The number of aliphatic imine (C=N–C) groups is 2. The van der Waals surface area contributed by atoms with Crippen molar-refractivity contribution in [1.82, 2.24) is 10.2 Å². The van der Waals surface area contributed by atoms with Gasteiger partial charge in [-0.2, -0.15) is 0 Å². The number of ether oxygens (including phenoxy) is 1. The van der Waals surface area contributed by atoms with E-state index in [1.165, 1.54) is 0 Å². The maximum atomic E-state index is 5.81. The van der Waals surface area contributed by atoms with Gasteiger partial charge in [-0.15, -0.1) is 0 Å². The van der Waals surface area contributed by atoms with E-state index in [1.54, 1.807) is 0 Å². The fraction of sp³-hybridized carbons (Fsp3) is 0.778. The third kappa shape index (κ3) is 2.40. The van der Waals surface area contributed by atoms with Gasteiger partial charge in [-0.25, -0.2) is 9.98 Å². The van der Waals surface area contributed by atoms with Crippen molar-refractivity contribution in [2.75, 3.05) is 24.8 Å². The molecule has 7 heteroatoms. The maximum Gasteiger partial charge on any atom is 0.203 e. The van der Waals surface area contributed by atoms with Gasteiger partial charge in [-0.05, 0) is 0 Å². The Labute approximate surface area is 108 Å². The second kappa shape index (κ2) is 4.74. The SMILES string of the molecule is CN(CI)C1=NC2(CCOCC2)N=C(N)N1. The normalized spacial score (nSPS) is 23.4. The number of alkyl halides is 1. The van der Waals surface area contributed by atoms with Crippen LogP contribution in [0, 0.1) is 0 Å². The number of rotatable bonds is 1. The first kappa shape index (κ1) is 11.9. The summed E-state index contributed by atoms with van der Waals surface area (Å²) in [5.41, 5.74) is 5.41. The van der Waals surface area contributed by atoms with E-state index < -0.39 is 5.66 Å². The molecule has 2 aliphatic heterocycles. The van der Waals surface area contributed by atoms with Crippen LogP contribution in [0.2, 0.25) is 0 Å². The lowest BCUT2D eigenvalue weighted by molar-refractivity contribution is 0.0560. The van der Waals surface area contributed by atoms with E-state index in [0.717, 1.165) is 23.4 Å². The molecule has 0 radical (unpaired) electrons. The zero-order valence-electron chi connectivity index (χ0n) is 9.24. The highest BCUT2D eigenvalue weighted by Crippen LogP contribution is 2.28. The number of guanidine groups is 2. The molecule has 0 aromatic rings. The van der Waals surface area contributed by atoms with E-state index in [9.17, 15) is 0 Å². The van der Waals surface area contributed by atoms with Crippen molar-refractivity contribution in [2.24, 2.45) is 15.7 Å². The van der Waals surface area contributed by atoms with Gasteiger partial charge < -0.3 is 15.4 Å².